The zero-order chi connectivity index (χ0) is 20.7. The van der Waals surface area contributed by atoms with E-state index in [1.807, 2.05) is 13.8 Å². The highest BCUT2D eigenvalue weighted by Gasteiger charge is 2.22. The number of aliphatic imine (C=N–C) groups is 1. The van der Waals surface area contributed by atoms with E-state index in [4.69, 9.17) is 9.41 Å². The number of guanidine groups is 1. The molecule has 0 aromatic carbocycles. The maximum atomic E-state index is 12.0. The van der Waals surface area contributed by atoms with Gasteiger partial charge in [-0.2, -0.15) is 0 Å². The van der Waals surface area contributed by atoms with Crippen molar-refractivity contribution in [2.45, 2.75) is 59.5 Å². The van der Waals surface area contributed by atoms with Crippen molar-refractivity contribution >= 4 is 11.9 Å². The predicted molar refractivity (Wildman–Crippen MR) is 111 cm³/mol. The number of carbonyl (C=O) groups is 1. The molecule has 1 saturated heterocycles. The summed E-state index contributed by atoms with van der Waals surface area (Å²) in [7, 11) is 0. The Morgan fingerprint density at radius 2 is 1.96 bits per heavy atom. The van der Waals surface area contributed by atoms with Crippen LogP contribution in [0.3, 0.4) is 0 Å². The van der Waals surface area contributed by atoms with E-state index in [1.54, 1.807) is 6.20 Å². The van der Waals surface area contributed by atoms with Crippen LogP contribution in [0.15, 0.2) is 15.6 Å². The minimum atomic E-state index is -0.0579. The molecule has 8 nitrogen and oxygen atoms in total. The molecule has 1 fully saturated rings. The van der Waals surface area contributed by atoms with Crippen LogP contribution in [-0.2, 0) is 16.8 Å². The van der Waals surface area contributed by atoms with Gasteiger partial charge in [-0.1, -0.05) is 20.8 Å². The maximum absolute atomic E-state index is 12.0. The molecule has 8 heteroatoms. The Morgan fingerprint density at radius 1 is 1.29 bits per heavy atom. The van der Waals surface area contributed by atoms with Crippen LogP contribution in [0.25, 0.3) is 0 Å². The Labute approximate surface area is 168 Å². The molecular formula is C20H36N6O2. The number of nitrogens with one attached hydrogen (secondary N) is 2. The molecule has 1 aromatic rings. The van der Waals surface area contributed by atoms with Gasteiger partial charge < -0.3 is 20.0 Å². The standard InChI is InChI=1S/C20H36N6O2/c1-7-21-19(23-13-18-22-12-16(28-18)20(4,5)6)26-10-8-25(9-11-26)14-17(27)24-15(2)3/h12,15H,7-11,13-14H2,1-6H3,(H,21,23)(H,24,27). The Hall–Kier alpha value is -2.09. The van der Waals surface area contributed by atoms with Gasteiger partial charge >= 0.3 is 0 Å². The van der Waals surface area contributed by atoms with Crippen molar-refractivity contribution in [2.24, 2.45) is 4.99 Å². The first-order chi connectivity index (χ1) is 13.2. The van der Waals surface area contributed by atoms with Gasteiger partial charge in [0.05, 0.1) is 12.7 Å². The zero-order valence-corrected chi connectivity index (χ0v) is 18.2. The largest absolute Gasteiger partial charge is 0.443 e. The predicted octanol–water partition coefficient (Wildman–Crippen LogP) is 1.58. The van der Waals surface area contributed by atoms with Gasteiger partial charge in [-0.15, -0.1) is 0 Å². The van der Waals surface area contributed by atoms with Gasteiger partial charge in [0, 0.05) is 44.2 Å². The van der Waals surface area contributed by atoms with E-state index in [-0.39, 0.29) is 17.4 Å². The van der Waals surface area contributed by atoms with E-state index in [1.165, 1.54) is 0 Å². The molecule has 1 aliphatic heterocycles. The molecular weight excluding hydrogens is 356 g/mol. The molecule has 0 unspecified atom stereocenters. The van der Waals surface area contributed by atoms with Gasteiger partial charge in [-0.3, -0.25) is 9.69 Å². The summed E-state index contributed by atoms with van der Waals surface area (Å²) in [6.45, 7) is 17.3. The van der Waals surface area contributed by atoms with Gasteiger partial charge in [0.1, 0.15) is 12.3 Å². The summed E-state index contributed by atoms with van der Waals surface area (Å²) in [6.07, 6.45) is 1.79. The highest BCUT2D eigenvalue weighted by molar-refractivity contribution is 5.80. The summed E-state index contributed by atoms with van der Waals surface area (Å²) >= 11 is 0. The molecule has 1 aromatic heterocycles. The Balaban J connectivity index is 1.91. The normalized spacial score (nSPS) is 16.5. The number of amides is 1. The minimum absolute atomic E-state index is 0.0579. The van der Waals surface area contributed by atoms with Crippen molar-refractivity contribution < 1.29 is 9.21 Å². The van der Waals surface area contributed by atoms with Crippen molar-refractivity contribution in [3.8, 4) is 0 Å². The number of hydrogen-bond donors (Lipinski definition) is 2. The Bertz CT molecular complexity index is 654. The van der Waals surface area contributed by atoms with Crippen LogP contribution in [0.1, 0.15) is 53.2 Å². The molecule has 0 atom stereocenters. The highest BCUT2D eigenvalue weighted by atomic mass is 16.4. The van der Waals surface area contributed by atoms with Crippen LogP contribution < -0.4 is 10.6 Å². The van der Waals surface area contributed by atoms with Crippen molar-refractivity contribution in [1.82, 2.24) is 25.4 Å². The number of piperazine rings is 1. The first-order valence-corrected chi connectivity index (χ1v) is 10.2. The lowest BCUT2D eigenvalue weighted by molar-refractivity contribution is -0.123. The monoisotopic (exact) mass is 392 g/mol. The van der Waals surface area contributed by atoms with E-state index < -0.39 is 0 Å². The summed E-state index contributed by atoms with van der Waals surface area (Å²) in [4.78, 5) is 25.4. The van der Waals surface area contributed by atoms with E-state index in [9.17, 15) is 4.79 Å². The van der Waals surface area contributed by atoms with Crippen LogP contribution in [0, 0.1) is 0 Å². The van der Waals surface area contributed by atoms with Gasteiger partial charge in [0.25, 0.3) is 0 Å². The third-order valence-corrected chi connectivity index (χ3v) is 4.48. The molecule has 1 aliphatic rings. The van der Waals surface area contributed by atoms with Gasteiger partial charge in [-0.25, -0.2) is 9.98 Å². The van der Waals surface area contributed by atoms with E-state index in [0.717, 1.165) is 44.4 Å². The minimum Gasteiger partial charge on any atom is -0.443 e. The second-order valence-corrected chi connectivity index (χ2v) is 8.52. The van der Waals surface area contributed by atoms with Crippen molar-refractivity contribution in [3.05, 3.63) is 17.8 Å². The molecule has 28 heavy (non-hydrogen) atoms. The quantitative estimate of drug-likeness (QED) is 0.565. The number of nitrogens with zero attached hydrogens (tertiary/aromatic N) is 4. The average Bonchev–Trinajstić information content (AvgIpc) is 3.08. The SMILES string of the molecule is CCNC(=NCc1ncc(C(C)(C)C)o1)N1CCN(CC(=O)NC(C)C)CC1. The zero-order valence-electron chi connectivity index (χ0n) is 18.2. The van der Waals surface area contributed by atoms with Crippen LogP contribution in [0.5, 0.6) is 0 Å². The third kappa shape index (κ3) is 6.82. The Morgan fingerprint density at radius 3 is 2.50 bits per heavy atom. The average molecular weight is 393 g/mol. The molecule has 2 rings (SSSR count). The second-order valence-electron chi connectivity index (χ2n) is 8.52. The van der Waals surface area contributed by atoms with Crippen LogP contribution in [0.4, 0.5) is 0 Å². The molecule has 0 spiro atoms. The van der Waals surface area contributed by atoms with Gasteiger partial charge in [-0.05, 0) is 20.8 Å². The fourth-order valence-electron chi connectivity index (χ4n) is 2.99. The summed E-state index contributed by atoms with van der Waals surface area (Å²) < 4.78 is 5.84. The summed E-state index contributed by atoms with van der Waals surface area (Å²) in [5.74, 6) is 2.45. The van der Waals surface area contributed by atoms with Gasteiger partial charge in [0.15, 0.2) is 5.96 Å². The van der Waals surface area contributed by atoms with Crippen LogP contribution in [-0.4, -0.2) is 72.0 Å². The molecule has 0 bridgehead atoms. The fraction of sp³-hybridized carbons (Fsp3) is 0.750. The van der Waals surface area contributed by atoms with E-state index in [0.29, 0.717) is 19.0 Å². The summed E-state index contributed by atoms with van der Waals surface area (Å²) in [5.41, 5.74) is -0.0579. The molecule has 0 radical (unpaired) electrons. The second kappa shape index (κ2) is 9.91. The van der Waals surface area contributed by atoms with Crippen molar-refractivity contribution in [2.75, 3.05) is 39.3 Å². The smallest absolute Gasteiger partial charge is 0.234 e. The lowest BCUT2D eigenvalue weighted by Gasteiger charge is -2.36. The van der Waals surface area contributed by atoms with Crippen LogP contribution >= 0.6 is 0 Å². The molecule has 0 aliphatic carbocycles. The first-order valence-electron chi connectivity index (χ1n) is 10.2. The van der Waals surface area contributed by atoms with E-state index in [2.05, 4.69) is 53.1 Å². The topological polar surface area (TPSA) is 86.0 Å². The Kier molecular flexibility index (Phi) is 7.86. The lowest BCUT2D eigenvalue weighted by Crippen LogP contribution is -2.54. The number of aromatic nitrogens is 1. The number of rotatable bonds is 6. The highest BCUT2D eigenvalue weighted by Crippen LogP contribution is 2.22. The fourth-order valence-corrected chi connectivity index (χ4v) is 2.99. The van der Waals surface area contributed by atoms with Crippen molar-refractivity contribution in [1.29, 1.82) is 0 Å². The molecule has 0 saturated carbocycles. The summed E-state index contributed by atoms with van der Waals surface area (Å²) in [6, 6.07) is 0.176. The summed E-state index contributed by atoms with van der Waals surface area (Å²) in [5, 5.41) is 6.30. The van der Waals surface area contributed by atoms with Crippen LogP contribution in [0.2, 0.25) is 0 Å². The molecule has 2 heterocycles. The molecule has 1 amide bonds. The maximum Gasteiger partial charge on any atom is 0.234 e. The van der Waals surface area contributed by atoms with Gasteiger partial charge in [0.2, 0.25) is 11.8 Å². The molecule has 158 valence electrons. The third-order valence-electron chi connectivity index (χ3n) is 4.48. The lowest BCUT2D eigenvalue weighted by atomic mass is 9.94. The molecule has 2 N–H and O–H groups in total. The van der Waals surface area contributed by atoms with E-state index >= 15 is 0 Å². The van der Waals surface area contributed by atoms with Crippen molar-refractivity contribution in [3.63, 3.8) is 0 Å². The number of carbonyl (C=O) groups excluding carboxylic acids is 1. The number of oxazole rings is 1. The first kappa shape index (κ1) is 22.2. The number of hydrogen-bond acceptors (Lipinski definition) is 5.